The number of fused-ring (bicyclic) bond motifs is 1. The molecule has 1 heterocycles. The van der Waals surface area contributed by atoms with Gasteiger partial charge in [-0.1, -0.05) is 42.5 Å². The number of esters is 1. The Morgan fingerprint density at radius 1 is 1.00 bits per heavy atom. The van der Waals surface area contributed by atoms with Crippen molar-refractivity contribution in [1.82, 2.24) is 10.3 Å². The average Bonchev–Trinajstić information content (AvgIpc) is 2.72. The maximum Gasteiger partial charge on any atom is 0.331 e. The highest BCUT2D eigenvalue weighted by atomic mass is 16.5. The number of imide groups is 1. The van der Waals surface area contributed by atoms with Crippen LogP contribution in [0, 0.1) is 0 Å². The van der Waals surface area contributed by atoms with Gasteiger partial charge in [0.15, 0.2) is 6.10 Å². The molecule has 0 radical (unpaired) electrons. The summed E-state index contributed by atoms with van der Waals surface area (Å²) >= 11 is 0. The molecule has 1 atom stereocenters. The zero-order chi connectivity index (χ0) is 20.6. The fraction of sp³-hybridized carbons (Fsp3) is 0.0909. The van der Waals surface area contributed by atoms with E-state index in [0.717, 1.165) is 16.5 Å². The minimum Gasteiger partial charge on any atom is -0.449 e. The second-order valence-electron chi connectivity index (χ2n) is 6.14. The zero-order valence-electron chi connectivity index (χ0n) is 15.7. The number of aromatic nitrogens is 1. The van der Waals surface area contributed by atoms with Crippen LogP contribution in [0.5, 0.6) is 0 Å². The molecule has 0 spiro atoms. The van der Waals surface area contributed by atoms with Crippen LogP contribution in [-0.2, 0) is 14.3 Å². The molecule has 29 heavy (non-hydrogen) atoms. The summed E-state index contributed by atoms with van der Waals surface area (Å²) in [4.78, 5) is 40.2. The largest absolute Gasteiger partial charge is 0.449 e. The number of nitrogens with one attached hydrogen (secondary N) is 2. The second-order valence-corrected chi connectivity index (χ2v) is 6.14. The maximum atomic E-state index is 12.0. The van der Waals surface area contributed by atoms with E-state index in [-0.39, 0.29) is 0 Å². The van der Waals surface area contributed by atoms with Crippen molar-refractivity contribution in [3.63, 3.8) is 0 Å². The lowest BCUT2D eigenvalue weighted by Gasteiger charge is -2.12. The lowest BCUT2D eigenvalue weighted by atomic mass is 10.1. The third kappa shape index (κ3) is 5.49. The predicted molar refractivity (Wildman–Crippen MR) is 110 cm³/mol. The van der Waals surface area contributed by atoms with Gasteiger partial charge in [-0.3, -0.25) is 15.1 Å². The van der Waals surface area contributed by atoms with Gasteiger partial charge in [-0.2, -0.15) is 0 Å². The molecule has 3 aromatic rings. The van der Waals surface area contributed by atoms with Crippen LogP contribution in [0.15, 0.2) is 72.9 Å². The van der Waals surface area contributed by atoms with Crippen LogP contribution in [-0.4, -0.2) is 29.0 Å². The van der Waals surface area contributed by atoms with Gasteiger partial charge < -0.3 is 10.1 Å². The molecular weight excluding hydrogens is 370 g/mol. The molecule has 2 aromatic carbocycles. The lowest BCUT2D eigenvalue weighted by Crippen LogP contribution is -2.41. The van der Waals surface area contributed by atoms with Crippen LogP contribution in [0.2, 0.25) is 0 Å². The molecule has 3 amide bonds. The van der Waals surface area contributed by atoms with Crippen molar-refractivity contribution in [3.05, 3.63) is 78.5 Å². The standard InChI is InChI=1S/C22H19N3O4/c1-15(21(27)25-22(28)24-18-10-3-2-4-11-18)29-19(26)13-12-17-8-5-7-16-9-6-14-23-20(16)17/h2-15H,1H3,(H2,24,25,27,28)/b13-12+. The van der Waals surface area contributed by atoms with Gasteiger partial charge in [0.25, 0.3) is 5.91 Å². The molecule has 1 aromatic heterocycles. The van der Waals surface area contributed by atoms with Crippen molar-refractivity contribution in [2.75, 3.05) is 5.32 Å². The van der Waals surface area contributed by atoms with Gasteiger partial charge >= 0.3 is 12.0 Å². The van der Waals surface area contributed by atoms with Gasteiger partial charge in [0, 0.05) is 28.9 Å². The Bertz CT molecular complexity index is 1060. The van der Waals surface area contributed by atoms with E-state index in [9.17, 15) is 14.4 Å². The first-order chi connectivity index (χ1) is 14.0. The number of carbonyl (C=O) groups excluding carboxylic acids is 3. The number of anilines is 1. The van der Waals surface area contributed by atoms with Crippen molar-refractivity contribution in [2.24, 2.45) is 0 Å². The fourth-order valence-corrected chi connectivity index (χ4v) is 2.58. The van der Waals surface area contributed by atoms with Gasteiger partial charge in [-0.15, -0.1) is 0 Å². The van der Waals surface area contributed by atoms with Crippen LogP contribution < -0.4 is 10.6 Å². The third-order valence-corrected chi connectivity index (χ3v) is 3.99. The molecule has 0 bridgehead atoms. The number of nitrogens with zero attached hydrogens (tertiary/aromatic N) is 1. The van der Waals surface area contributed by atoms with E-state index >= 15 is 0 Å². The first-order valence-electron chi connectivity index (χ1n) is 8.92. The summed E-state index contributed by atoms with van der Waals surface area (Å²) in [5.74, 6) is -1.43. The number of amides is 3. The smallest absolute Gasteiger partial charge is 0.331 e. The topological polar surface area (TPSA) is 97.4 Å². The summed E-state index contributed by atoms with van der Waals surface area (Å²) in [6, 6.07) is 17.3. The summed E-state index contributed by atoms with van der Waals surface area (Å²) < 4.78 is 5.06. The number of pyridine rings is 1. The summed E-state index contributed by atoms with van der Waals surface area (Å²) in [5, 5.41) is 5.59. The quantitative estimate of drug-likeness (QED) is 0.514. The van der Waals surface area contributed by atoms with Gasteiger partial charge in [-0.05, 0) is 31.2 Å². The molecule has 0 aliphatic rings. The van der Waals surface area contributed by atoms with E-state index in [0.29, 0.717) is 5.69 Å². The fourth-order valence-electron chi connectivity index (χ4n) is 2.58. The Morgan fingerprint density at radius 3 is 2.55 bits per heavy atom. The molecule has 3 rings (SSSR count). The highest BCUT2D eigenvalue weighted by Gasteiger charge is 2.19. The zero-order valence-corrected chi connectivity index (χ0v) is 15.7. The third-order valence-electron chi connectivity index (χ3n) is 3.99. The SMILES string of the molecule is CC(OC(=O)/C=C/c1cccc2cccnc12)C(=O)NC(=O)Nc1ccccc1. The van der Waals surface area contributed by atoms with Crippen LogP contribution in [0.4, 0.5) is 10.5 Å². The number of carbonyl (C=O) groups is 3. The lowest BCUT2D eigenvalue weighted by molar-refractivity contribution is -0.149. The molecule has 7 heteroatoms. The molecule has 0 saturated carbocycles. The number of rotatable bonds is 5. The average molecular weight is 389 g/mol. The van der Waals surface area contributed by atoms with Crippen LogP contribution >= 0.6 is 0 Å². The number of benzene rings is 2. The predicted octanol–water partition coefficient (Wildman–Crippen LogP) is 3.53. The maximum absolute atomic E-state index is 12.0. The Kier molecular flexibility index (Phi) is 6.32. The van der Waals surface area contributed by atoms with E-state index in [1.165, 1.54) is 13.0 Å². The van der Waals surface area contributed by atoms with Crippen molar-refractivity contribution in [3.8, 4) is 0 Å². The Hall–Kier alpha value is -4.00. The van der Waals surface area contributed by atoms with E-state index in [1.54, 1.807) is 42.6 Å². The second kappa shape index (κ2) is 9.27. The molecule has 1 unspecified atom stereocenters. The van der Waals surface area contributed by atoms with E-state index in [4.69, 9.17) is 4.74 Å². The number of ether oxygens (including phenoxy) is 1. The van der Waals surface area contributed by atoms with Crippen LogP contribution in [0.3, 0.4) is 0 Å². The molecule has 2 N–H and O–H groups in total. The number of hydrogen-bond donors (Lipinski definition) is 2. The summed E-state index contributed by atoms with van der Waals surface area (Å²) in [7, 11) is 0. The monoisotopic (exact) mass is 389 g/mol. The van der Waals surface area contributed by atoms with Crippen molar-refractivity contribution < 1.29 is 19.1 Å². The minimum absolute atomic E-state index is 0.536. The summed E-state index contributed by atoms with van der Waals surface area (Å²) in [6.07, 6.45) is 3.33. The van der Waals surface area contributed by atoms with E-state index in [2.05, 4.69) is 15.6 Å². The molecule has 0 saturated heterocycles. The number of urea groups is 1. The molecular formula is C22H19N3O4. The molecule has 146 valence electrons. The Balaban J connectivity index is 1.54. The highest BCUT2D eigenvalue weighted by Crippen LogP contribution is 2.17. The molecule has 0 fully saturated rings. The molecule has 0 aliphatic carbocycles. The Labute approximate surface area is 167 Å². The number of hydrogen-bond acceptors (Lipinski definition) is 5. The van der Waals surface area contributed by atoms with Crippen molar-refractivity contribution >= 4 is 40.6 Å². The first-order valence-corrected chi connectivity index (χ1v) is 8.92. The van der Waals surface area contributed by atoms with Crippen molar-refractivity contribution in [2.45, 2.75) is 13.0 Å². The van der Waals surface area contributed by atoms with Crippen LogP contribution in [0.25, 0.3) is 17.0 Å². The molecule has 0 aliphatic heterocycles. The van der Waals surface area contributed by atoms with Gasteiger partial charge in [0.05, 0.1) is 5.52 Å². The normalized spacial score (nSPS) is 11.8. The van der Waals surface area contributed by atoms with Crippen LogP contribution in [0.1, 0.15) is 12.5 Å². The van der Waals surface area contributed by atoms with Gasteiger partial charge in [0.2, 0.25) is 0 Å². The highest BCUT2D eigenvalue weighted by molar-refractivity contribution is 6.03. The first kappa shape index (κ1) is 19.8. The summed E-state index contributed by atoms with van der Waals surface area (Å²) in [6.45, 7) is 1.39. The van der Waals surface area contributed by atoms with Gasteiger partial charge in [0.1, 0.15) is 0 Å². The Morgan fingerprint density at radius 2 is 1.76 bits per heavy atom. The minimum atomic E-state index is -1.14. The van der Waals surface area contributed by atoms with E-state index in [1.807, 2.05) is 30.3 Å². The van der Waals surface area contributed by atoms with Gasteiger partial charge in [-0.25, -0.2) is 9.59 Å². The summed E-state index contributed by atoms with van der Waals surface area (Å²) in [5.41, 5.74) is 2.04. The van der Waals surface area contributed by atoms with E-state index < -0.39 is 24.0 Å². The molecule has 7 nitrogen and oxygen atoms in total. The van der Waals surface area contributed by atoms with Crippen molar-refractivity contribution in [1.29, 1.82) is 0 Å². The number of para-hydroxylation sites is 2.